The number of thiophene rings is 2. The van der Waals surface area contributed by atoms with E-state index in [0.29, 0.717) is 5.75 Å². The summed E-state index contributed by atoms with van der Waals surface area (Å²) in [5, 5.41) is 21.4. The van der Waals surface area contributed by atoms with Gasteiger partial charge in [0.15, 0.2) is 0 Å². The number of unbranched alkanes of at least 4 members (excludes halogenated alkanes) is 7. The molecule has 0 unspecified atom stereocenters. The lowest BCUT2D eigenvalue weighted by molar-refractivity contribution is 0.478. The molecule has 4 rings (SSSR count). The highest BCUT2D eigenvalue weighted by atomic mass is 79.9. The summed E-state index contributed by atoms with van der Waals surface area (Å²) in [6, 6.07) is 17.9. The van der Waals surface area contributed by atoms with E-state index in [0.717, 1.165) is 46.7 Å². The molecule has 0 spiro atoms. The average molecular weight is 649 g/mol. The van der Waals surface area contributed by atoms with Crippen molar-refractivity contribution in [3.05, 3.63) is 68.4 Å². The van der Waals surface area contributed by atoms with E-state index in [4.69, 9.17) is 0 Å². The van der Waals surface area contributed by atoms with Gasteiger partial charge in [-0.2, -0.15) is 0 Å². The highest BCUT2D eigenvalue weighted by Crippen LogP contribution is 2.49. The lowest BCUT2D eigenvalue weighted by atomic mass is 10.1. The van der Waals surface area contributed by atoms with Crippen LogP contribution in [0.25, 0.3) is 31.3 Å². The fourth-order valence-electron chi connectivity index (χ4n) is 4.39. The monoisotopic (exact) mass is 646 g/mol. The number of halogens is 2. The molecule has 0 amide bonds. The van der Waals surface area contributed by atoms with Crippen LogP contribution < -0.4 is 0 Å². The zero-order valence-corrected chi connectivity index (χ0v) is 25.3. The fraction of sp³-hybridized carbons (Fsp3) is 0.333. The topological polar surface area (TPSA) is 40.5 Å². The van der Waals surface area contributed by atoms with E-state index < -0.39 is 0 Å². The Kier molecular flexibility index (Phi) is 10.1. The molecule has 2 aromatic carbocycles. The Balaban J connectivity index is 1.46. The summed E-state index contributed by atoms with van der Waals surface area (Å²) < 4.78 is 1.78. The molecule has 0 bridgehead atoms. The van der Waals surface area contributed by atoms with Crippen molar-refractivity contribution in [2.45, 2.75) is 64.7 Å². The van der Waals surface area contributed by atoms with Gasteiger partial charge in [-0.1, -0.05) is 114 Å². The zero-order chi connectivity index (χ0) is 25.5. The highest BCUT2D eigenvalue weighted by Gasteiger charge is 2.19. The third kappa shape index (κ3) is 6.83. The quantitative estimate of drug-likeness (QED) is 0.150. The van der Waals surface area contributed by atoms with Crippen molar-refractivity contribution in [3.8, 4) is 42.8 Å². The van der Waals surface area contributed by atoms with Crippen molar-refractivity contribution >= 4 is 54.5 Å². The van der Waals surface area contributed by atoms with Crippen molar-refractivity contribution in [1.29, 1.82) is 0 Å². The first kappa shape index (κ1) is 27.4. The van der Waals surface area contributed by atoms with Crippen molar-refractivity contribution in [2.75, 3.05) is 0 Å². The molecule has 2 nitrogen and oxygen atoms in total. The smallest absolute Gasteiger partial charge is 0.134 e. The first-order chi connectivity index (χ1) is 17.5. The van der Waals surface area contributed by atoms with Crippen molar-refractivity contribution in [1.82, 2.24) is 0 Å². The van der Waals surface area contributed by atoms with Gasteiger partial charge in [0.25, 0.3) is 0 Å². The number of rotatable bonds is 12. The molecular weight excluding hydrogens is 616 g/mol. The molecule has 0 aliphatic carbocycles. The van der Waals surface area contributed by atoms with Crippen molar-refractivity contribution in [2.24, 2.45) is 0 Å². The van der Waals surface area contributed by atoms with Crippen molar-refractivity contribution < 1.29 is 10.2 Å². The van der Waals surface area contributed by atoms with Gasteiger partial charge in [0.2, 0.25) is 0 Å². The van der Waals surface area contributed by atoms with Gasteiger partial charge in [-0.3, -0.25) is 0 Å². The molecule has 0 saturated carbocycles. The standard InChI is InChI=1S/C30H32Br2O2S2/c1-2-3-4-5-6-7-8-12-15-21-16-26(33)29(35-21)22-17-25(32)23(18-24(22)31)30-27(34)19-28(36-30)20-13-10-9-11-14-20/h9-11,13-14,16-19,33-34H,2-8,12,15H2,1H3. The molecule has 36 heavy (non-hydrogen) atoms. The number of hydrogen-bond acceptors (Lipinski definition) is 4. The Labute approximate surface area is 239 Å². The highest BCUT2D eigenvalue weighted by molar-refractivity contribution is 9.11. The third-order valence-corrected chi connectivity index (χ3v) is 10.1. The van der Waals surface area contributed by atoms with Crippen molar-refractivity contribution in [3.63, 3.8) is 0 Å². The molecule has 0 fully saturated rings. The molecule has 6 heteroatoms. The second-order valence-corrected chi connectivity index (χ2v) is 13.1. The van der Waals surface area contributed by atoms with Gasteiger partial charge in [0, 0.05) is 29.8 Å². The van der Waals surface area contributed by atoms with Gasteiger partial charge < -0.3 is 10.2 Å². The van der Waals surface area contributed by atoms with Crippen LogP contribution in [0.1, 0.15) is 63.2 Å². The van der Waals surface area contributed by atoms with Gasteiger partial charge in [-0.25, -0.2) is 0 Å². The van der Waals surface area contributed by atoms with E-state index >= 15 is 0 Å². The zero-order valence-electron chi connectivity index (χ0n) is 20.5. The Bertz CT molecular complexity index is 1280. The number of aryl methyl sites for hydroxylation is 1. The maximum absolute atomic E-state index is 10.7. The van der Waals surface area contributed by atoms with Crippen LogP contribution in [-0.2, 0) is 6.42 Å². The van der Waals surface area contributed by atoms with Crippen LogP contribution in [0.15, 0.2) is 63.5 Å². The Hall–Kier alpha value is -1.60. The molecule has 2 N–H and O–H groups in total. The Morgan fingerprint density at radius 2 is 1.22 bits per heavy atom. The summed E-state index contributed by atoms with van der Waals surface area (Å²) in [6.07, 6.45) is 11.4. The predicted octanol–water partition coefficient (Wildman–Crippen LogP) is 11.4. The van der Waals surface area contributed by atoms with E-state index in [-0.39, 0.29) is 5.75 Å². The number of benzene rings is 2. The molecule has 2 heterocycles. The predicted molar refractivity (Wildman–Crippen MR) is 164 cm³/mol. The molecule has 4 aromatic rings. The van der Waals surface area contributed by atoms with Crippen LogP contribution in [0.2, 0.25) is 0 Å². The Morgan fingerprint density at radius 3 is 1.86 bits per heavy atom. The Morgan fingerprint density at radius 1 is 0.667 bits per heavy atom. The van der Waals surface area contributed by atoms with Gasteiger partial charge in [0.05, 0.1) is 9.75 Å². The van der Waals surface area contributed by atoms with Crippen LogP contribution in [0.3, 0.4) is 0 Å². The van der Waals surface area contributed by atoms with Crippen LogP contribution >= 0.6 is 54.5 Å². The van der Waals surface area contributed by atoms with E-state index in [1.165, 1.54) is 56.2 Å². The minimum absolute atomic E-state index is 0.269. The van der Waals surface area contributed by atoms with Crippen LogP contribution in [-0.4, -0.2) is 10.2 Å². The van der Waals surface area contributed by atoms with Gasteiger partial charge >= 0.3 is 0 Å². The largest absolute Gasteiger partial charge is 0.506 e. The molecule has 0 aliphatic rings. The van der Waals surface area contributed by atoms with E-state index in [9.17, 15) is 10.2 Å². The number of hydrogen-bond donors (Lipinski definition) is 2. The SMILES string of the molecule is CCCCCCCCCCc1cc(O)c(-c2cc(Br)c(-c3sc(-c4ccccc4)cc3O)cc2Br)s1. The van der Waals surface area contributed by atoms with Gasteiger partial charge in [-0.15, -0.1) is 22.7 Å². The molecule has 0 atom stereocenters. The summed E-state index contributed by atoms with van der Waals surface area (Å²) in [4.78, 5) is 3.95. The maximum atomic E-state index is 10.7. The minimum Gasteiger partial charge on any atom is -0.506 e. The molecule has 0 aliphatic heterocycles. The normalized spacial score (nSPS) is 11.3. The average Bonchev–Trinajstić information content (AvgIpc) is 3.44. The maximum Gasteiger partial charge on any atom is 0.134 e. The molecular formula is C30H32Br2O2S2. The van der Waals surface area contributed by atoms with E-state index in [1.54, 1.807) is 22.7 Å². The second kappa shape index (κ2) is 13.3. The summed E-state index contributed by atoms with van der Waals surface area (Å²) in [6.45, 7) is 2.26. The summed E-state index contributed by atoms with van der Waals surface area (Å²) >= 11 is 10.7. The molecule has 0 radical (unpaired) electrons. The van der Waals surface area contributed by atoms with Gasteiger partial charge in [-0.05, 0) is 42.7 Å². The summed E-state index contributed by atoms with van der Waals surface area (Å²) in [5.74, 6) is 0.603. The van der Waals surface area contributed by atoms with E-state index in [1.807, 2.05) is 54.6 Å². The molecule has 2 aromatic heterocycles. The van der Waals surface area contributed by atoms with Gasteiger partial charge in [0.1, 0.15) is 11.5 Å². The molecule has 190 valence electrons. The lowest BCUT2D eigenvalue weighted by Crippen LogP contribution is -1.83. The minimum atomic E-state index is 0.269. The first-order valence-electron chi connectivity index (χ1n) is 12.7. The second-order valence-electron chi connectivity index (χ2n) is 9.15. The first-order valence-corrected chi connectivity index (χ1v) is 15.9. The van der Waals surface area contributed by atoms with Crippen LogP contribution in [0, 0.1) is 0 Å². The number of aromatic hydroxyl groups is 2. The van der Waals surface area contributed by atoms with Crippen LogP contribution in [0.5, 0.6) is 11.5 Å². The van der Waals surface area contributed by atoms with Crippen LogP contribution in [0.4, 0.5) is 0 Å². The van der Waals surface area contributed by atoms with E-state index in [2.05, 4.69) is 38.8 Å². The fourth-order valence-corrected chi connectivity index (χ4v) is 7.95. The summed E-state index contributed by atoms with van der Waals surface area (Å²) in [7, 11) is 0. The lowest BCUT2D eigenvalue weighted by Gasteiger charge is -2.09. The molecule has 0 saturated heterocycles. The third-order valence-electron chi connectivity index (χ3n) is 6.36. The summed E-state index contributed by atoms with van der Waals surface area (Å²) in [5.41, 5.74) is 2.96.